The number of hydrogen-bond donors (Lipinski definition) is 0. The fourth-order valence-electron chi connectivity index (χ4n) is 1.82. The molecule has 0 fully saturated rings. The van der Waals surface area contributed by atoms with Gasteiger partial charge in [0, 0.05) is 12.1 Å². The number of hydrogen-bond acceptors (Lipinski definition) is 4. The van der Waals surface area contributed by atoms with Crippen LogP contribution in [-0.4, -0.2) is 28.4 Å². The van der Waals surface area contributed by atoms with Crippen molar-refractivity contribution in [1.82, 2.24) is 15.0 Å². The molecule has 2 aromatic rings. The van der Waals surface area contributed by atoms with Gasteiger partial charge in [-0.05, 0) is 30.7 Å². The Balaban J connectivity index is 2.46. The fourth-order valence-corrected chi connectivity index (χ4v) is 1.82. The Kier molecular flexibility index (Phi) is 3.72. The van der Waals surface area contributed by atoms with Crippen molar-refractivity contribution in [2.24, 2.45) is 0 Å². The predicted octanol–water partition coefficient (Wildman–Crippen LogP) is 2.18. The number of aromatic nitrogens is 3. The molecular weight excluding hydrogens is 230 g/mol. The smallest absolute Gasteiger partial charge is 0.172 e. The van der Waals surface area contributed by atoms with Gasteiger partial charge in [-0.1, -0.05) is 12.1 Å². The average molecular weight is 245 g/mol. The molecule has 1 aromatic heterocycles. The van der Waals surface area contributed by atoms with Gasteiger partial charge in [-0.15, -0.1) is 5.10 Å². The van der Waals surface area contributed by atoms with Gasteiger partial charge < -0.3 is 4.74 Å². The summed E-state index contributed by atoms with van der Waals surface area (Å²) in [6, 6.07) is 7.51. The van der Waals surface area contributed by atoms with Gasteiger partial charge in [-0.2, -0.15) is 0 Å². The number of aldehydes is 1. The normalized spacial score (nSPS) is 10.3. The minimum atomic E-state index is 0.369. The Morgan fingerprint density at radius 2 is 2.06 bits per heavy atom. The lowest BCUT2D eigenvalue weighted by Crippen LogP contribution is -2.02. The van der Waals surface area contributed by atoms with Crippen molar-refractivity contribution in [3.63, 3.8) is 0 Å². The molecule has 5 heteroatoms. The largest absolute Gasteiger partial charge is 0.497 e. The monoisotopic (exact) mass is 245 g/mol. The first kappa shape index (κ1) is 12.3. The van der Waals surface area contributed by atoms with Gasteiger partial charge >= 0.3 is 0 Å². The molecule has 0 radical (unpaired) electrons. The zero-order chi connectivity index (χ0) is 13.0. The summed E-state index contributed by atoms with van der Waals surface area (Å²) < 4.78 is 6.87. The van der Waals surface area contributed by atoms with Crippen molar-refractivity contribution in [2.75, 3.05) is 7.11 Å². The molecule has 94 valence electrons. The van der Waals surface area contributed by atoms with Crippen molar-refractivity contribution >= 4 is 6.29 Å². The molecule has 5 nitrogen and oxygen atoms in total. The van der Waals surface area contributed by atoms with Gasteiger partial charge in [0.2, 0.25) is 0 Å². The Hall–Kier alpha value is -2.17. The first-order chi connectivity index (χ1) is 8.80. The molecule has 0 spiro atoms. The third-order valence-electron chi connectivity index (χ3n) is 2.67. The van der Waals surface area contributed by atoms with E-state index in [1.54, 1.807) is 11.8 Å². The van der Waals surface area contributed by atoms with Gasteiger partial charge in [0.25, 0.3) is 0 Å². The second kappa shape index (κ2) is 5.44. The quantitative estimate of drug-likeness (QED) is 0.757. The van der Waals surface area contributed by atoms with E-state index in [0.29, 0.717) is 5.69 Å². The van der Waals surface area contributed by atoms with Gasteiger partial charge in [-0.3, -0.25) is 4.79 Å². The van der Waals surface area contributed by atoms with E-state index in [4.69, 9.17) is 4.74 Å². The minimum Gasteiger partial charge on any atom is -0.497 e. The summed E-state index contributed by atoms with van der Waals surface area (Å²) in [4.78, 5) is 11.0. The van der Waals surface area contributed by atoms with Crippen LogP contribution in [0.5, 0.6) is 5.75 Å². The second-order valence-corrected chi connectivity index (χ2v) is 3.89. The summed E-state index contributed by atoms with van der Waals surface area (Å²) in [5.41, 5.74) is 2.04. The van der Waals surface area contributed by atoms with Crippen molar-refractivity contribution < 1.29 is 9.53 Å². The molecule has 1 heterocycles. The summed E-state index contributed by atoms with van der Waals surface area (Å²) in [5, 5.41) is 7.89. The van der Waals surface area contributed by atoms with E-state index < -0.39 is 0 Å². The number of carbonyl (C=O) groups is 1. The molecule has 0 saturated heterocycles. The van der Waals surface area contributed by atoms with Gasteiger partial charge in [0.05, 0.1) is 12.8 Å². The fraction of sp³-hybridized carbons (Fsp3) is 0.308. The van der Waals surface area contributed by atoms with Crippen LogP contribution >= 0.6 is 0 Å². The number of ether oxygens (including phenoxy) is 1. The van der Waals surface area contributed by atoms with Crippen LogP contribution < -0.4 is 4.74 Å². The van der Waals surface area contributed by atoms with Crippen LogP contribution in [0.2, 0.25) is 0 Å². The first-order valence-corrected chi connectivity index (χ1v) is 5.83. The maximum absolute atomic E-state index is 11.0. The third kappa shape index (κ3) is 2.25. The lowest BCUT2D eigenvalue weighted by molar-refractivity contribution is 0.111. The minimum absolute atomic E-state index is 0.369. The SMILES string of the molecule is CCCn1nnc(C=O)c1-c1ccc(OC)cc1. The Bertz CT molecular complexity index is 532. The summed E-state index contributed by atoms with van der Waals surface area (Å²) in [5.74, 6) is 0.779. The molecule has 0 atom stereocenters. The van der Waals surface area contributed by atoms with Gasteiger partial charge in [0.15, 0.2) is 12.0 Å². The molecule has 0 aliphatic heterocycles. The number of benzene rings is 1. The Morgan fingerprint density at radius 1 is 1.33 bits per heavy atom. The maximum Gasteiger partial charge on any atom is 0.172 e. The van der Waals surface area contributed by atoms with Crippen LogP contribution in [0.3, 0.4) is 0 Å². The van der Waals surface area contributed by atoms with Crippen molar-refractivity contribution in [3.8, 4) is 17.0 Å². The molecule has 2 rings (SSSR count). The molecule has 0 N–H and O–H groups in total. The van der Waals surface area contributed by atoms with Crippen LogP contribution in [0, 0.1) is 0 Å². The highest BCUT2D eigenvalue weighted by atomic mass is 16.5. The third-order valence-corrected chi connectivity index (χ3v) is 2.67. The maximum atomic E-state index is 11.0. The van der Waals surface area contributed by atoms with E-state index in [-0.39, 0.29) is 0 Å². The van der Waals surface area contributed by atoms with E-state index in [1.165, 1.54) is 0 Å². The van der Waals surface area contributed by atoms with Gasteiger partial charge in [-0.25, -0.2) is 4.68 Å². The lowest BCUT2D eigenvalue weighted by Gasteiger charge is -2.06. The highest BCUT2D eigenvalue weighted by molar-refractivity contribution is 5.83. The number of nitrogens with zero attached hydrogens (tertiary/aromatic N) is 3. The van der Waals surface area contributed by atoms with Crippen LogP contribution in [0.1, 0.15) is 23.8 Å². The standard InChI is InChI=1S/C13H15N3O2/c1-3-8-16-13(12(9-17)14-15-16)10-4-6-11(18-2)7-5-10/h4-7,9H,3,8H2,1-2H3. The number of carbonyl (C=O) groups excluding carboxylic acids is 1. The van der Waals surface area contributed by atoms with E-state index >= 15 is 0 Å². The number of methoxy groups -OCH3 is 1. The Labute approximate surface area is 105 Å². The second-order valence-electron chi connectivity index (χ2n) is 3.89. The van der Waals surface area contributed by atoms with E-state index in [1.807, 2.05) is 24.3 Å². The number of rotatable bonds is 5. The van der Waals surface area contributed by atoms with Crippen LogP contribution in [0.15, 0.2) is 24.3 Å². The van der Waals surface area contributed by atoms with E-state index in [2.05, 4.69) is 17.2 Å². The summed E-state index contributed by atoms with van der Waals surface area (Å²) in [6.45, 7) is 2.79. The molecular formula is C13H15N3O2. The van der Waals surface area contributed by atoms with E-state index in [9.17, 15) is 4.79 Å². The predicted molar refractivity (Wildman–Crippen MR) is 67.7 cm³/mol. The molecule has 1 aromatic carbocycles. The molecule has 0 amide bonds. The zero-order valence-corrected chi connectivity index (χ0v) is 10.5. The van der Waals surface area contributed by atoms with Crippen molar-refractivity contribution in [3.05, 3.63) is 30.0 Å². The molecule has 18 heavy (non-hydrogen) atoms. The topological polar surface area (TPSA) is 57.0 Å². The summed E-state index contributed by atoms with van der Waals surface area (Å²) >= 11 is 0. The molecule has 0 bridgehead atoms. The molecule has 0 unspecified atom stereocenters. The number of aryl methyl sites for hydroxylation is 1. The lowest BCUT2D eigenvalue weighted by atomic mass is 10.1. The van der Waals surface area contributed by atoms with E-state index in [0.717, 1.165) is 36.3 Å². The zero-order valence-electron chi connectivity index (χ0n) is 10.5. The molecule has 0 aliphatic carbocycles. The summed E-state index contributed by atoms with van der Waals surface area (Å²) in [7, 11) is 1.62. The van der Waals surface area contributed by atoms with Crippen molar-refractivity contribution in [1.29, 1.82) is 0 Å². The van der Waals surface area contributed by atoms with Crippen LogP contribution in [0.25, 0.3) is 11.3 Å². The molecule has 0 aliphatic rings. The highest BCUT2D eigenvalue weighted by Gasteiger charge is 2.13. The average Bonchev–Trinajstić information content (AvgIpc) is 2.82. The van der Waals surface area contributed by atoms with Crippen LogP contribution in [-0.2, 0) is 6.54 Å². The van der Waals surface area contributed by atoms with Crippen molar-refractivity contribution in [2.45, 2.75) is 19.9 Å². The van der Waals surface area contributed by atoms with Gasteiger partial charge in [0.1, 0.15) is 5.75 Å². The molecule has 0 saturated carbocycles. The first-order valence-electron chi connectivity index (χ1n) is 5.83. The summed E-state index contributed by atoms with van der Waals surface area (Å²) in [6.07, 6.45) is 1.67. The Morgan fingerprint density at radius 3 is 2.61 bits per heavy atom. The van der Waals surface area contributed by atoms with Crippen LogP contribution in [0.4, 0.5) is 0 Å². The highest BCUT2D eigenvalue weighted by Crippen LogP contribution is 2.24.